The number of hydrogen-bond acceptors (Lipinski definition) is 5. The second-order valence-corrected chi connectivity index (χ2v) is 7.77. The van der Waals surface area contributed by atoms with Gasteiger partial charge in [0.1, 0.15) is 0 Å². The number of nitrogens with zero attached hydrogens (tertiary/aromatic N) is 4. The van der Waals surface area contributed by atoms with Crippen LogP contribution in [0.2, 0.25) is 0 Å². The van der Waals surface area contributed by atoms with Crippen LogP contribution in [0.1, 0.15) is 31.7 Å². The van der Waals surface area contributed by atoms with E-state index in [1.54, 1.807) is 29.2 Å². The van der Waals surface area contributed by atoms with E-state index in [0.717, 1.165) is 53.5 Å². The topological polar surface area (TPSA) is 72.7 Å². The molecule has 5 rings (SSSR count). The highest BCUT2D eigenvalue weighted by Crippen LogP contribution is 2.31. The van der Waals surface area contributed by atoms with E-state index >= 15 is 0 Å². The maximum Gasteiger partial charge on any atom is 0.267 e. The lowest BCUT2D eigenvalue weighted by atomic mass is 9.91. The van der Waals surface area contributed by atoms with E-state index in [2.05, 4.69) is 26.4 Å². The number of benzene rings is 1. The average Bonchev–Trinajstić information content (AvgIpc) is 2.81. The number of aromatic nitrogens is 4. The Kier molecular flexibility index (Phi) is 4.97. The number of anilines is 1. The Labute approximate surface area is 174 Å². The maximum absolute atomic E-state index is 12.5. The van der Waals surface area contributed by atoms with E-state index in [9.17, 15) is 4.79 Å². The highest BCUT2D eigenvalue weighted by atomic mass is 16.1. The third kappa shape index (κ3) is 3.68. The number of fused-ring (bicyclic) bond motifs is 1. The molecule has 1 aromatic carbocycles. The summed E-state index contributed by atoms with van der Waals surface area (Å²) in [6.07, 6.45) is 9.19. The van der Waals surface area contributed by atoms with Crippen molar-refractivity contribution in [1.29, 1.82) is 0 Å². The molecule has 1 N–H and O–H groups in total. The van der Waals surface area contributed by atoms with Crippen LogP contribution in [-0.2, 0) is 0 Å². The van der Waals surface area contributed by atoms with Gasteiger partial charge in [-0.2, -0.15) is 5.10 Å². The Morgan fingerprint density at radius 2 is 1.77 bits per heavy atom. The molecule has 0 unspecified atom stereocenters. The van der Waals surface area contributed by atoms with Crippen LogP contribution in [0.4, 0.5) is 5.69 Å². The number of rotatable bonds is 4. The third-order valence-corrected chi connectivity index (χ3v) is 5.83. The van der Waals surface area contributed by atoms with Crippen LogP contribution in [0.25, 0.3) is 22.2 Å². The zero-order valence-electron chi connectivity index (χ0n) is 16.6. The first-order chi connectivity index (χ1) is 14.8. The van der Waals surface area contributed by atoms with Gasteiger partial charge in [0.05, 0.1) is 17.3 Å². The minimum Gasteiger partial charge on any atom is -0.382 e. The zero-order chi connectivity index (χ0) is 20.3. The van der Waals surface area contributed by atoms with Crippen LogP contribution in [0, 0.1) is 0 Å². The average molecular weight is 397 g/mol. The van der Waals surface area contributed by atoms with Gasteiger partial charge in [-0.1, -0.05) is 18.2 Å². The van der Waals surface area contributed by atoms with Crippen molar-refractivity contribution in [3.05, 3.63) is 83.5 Å². The molecule has 0 radical (unpaired) electrons. The lowest BCUT2D eigenvalue weighted by molar-refractivity contribution is 0.304. The monoisotopic (exact) mass is 397 g/mol. The minimum absolute atomic E-state index is 0.0424. The molecule has 30 heavy (non-hydrogen) atoms. The third-order valence-electron chi connectivity index (χ3n) is 5.83. The van der Waals surface area contributed by atoms with Crippen molar-refractivity contribution >= 4 is 16.6 Å². The van der Waals surface area contributed by atoms with Crippen LogP contribution < -0.4 is 10.9 Å². The Morgan fingerprint density at radius 3 is 2.60 bits per heavy atom. The van der Waals surface area contributed by atoms with Gasteiger partial charge in [0.15, 0.2) is 0 Å². The Morgan fingerprint density at radius 1 is 0.900 bits per heavy atom. The fourth-order valence-corrected chi connectivity index (χ4v) is 4.26. The van der Waals surface area contributed by atoms with Gasteiger partial charge < -0.3 is 5.32 Å². The van der Waals surface area contributed by atoms with E-state index in [-0.39, 0.29) is 11.6 Å². The van der Waals surface area contributed by atoms with Gasteiger partial charge in [0, 0.05) is 47.3 Å². The SMILES string of the molecule is O=c1ccc(-c2cccnc2)nn1C1CCC(Nc2ccnc3ccccc23)CC1. The summed E-state index contributed by atoms with van der Waals surface area (Å²) >= 11 is 0. The van der Waals surface area contributed by atoms with E-state index < -0.39 is 0 Å². The second-order valence-electron chi connectivity index (χ2n) is 7.77. The predicted molar refractivity (Wildman–Crippen MR) is 118 cm³/mol. The highest BCUT2D eigenvalue weighted by molar-refractivity contribution is 5.90. The van der Waals surface area contributed by atoms with Crippen molar-refractivity contribution in [2.24, 2.45) is 0 Å². The standard InChI is InChI=1S/C24H23N5O/c30-24-12-11-21(17-4-3-14-25-16-17)28-29(24)19-9-7-18(8-10-19)27-23-13-15-26-22-6-2-1-5-20(22)23/h1-6,11-16,18-19H,7-10H2,(H,26,27). The molecular formula is C24H23N5O. The zero-order valence-corrected chi connectivity index (χ0v) is 16.6. The van der Waals surface area contributed by atoms with E-state index in [0.29, 0.717) is 6.04 Å². The first kappa shape index (κ1) is 18.5. The first-order valence-corrected chi connectivity index (χ1v) is 10.4. The molecule has 4 aromatic rings. The molecule has 0 bridgehead atoms. The van der Waals surface area contributed by atoms with Gasteiger partial charge in [0.2, 0.25) is 0 Å². The van der Waals surface area contributed by atoms with E-state index in [1.807, 2.05) is 42.6 Å². The van der Waals surface area contributed by atoms with Crippen molar-refractivity contribution in [3.63, 3.8) is 0 Å². The van der Waals surface area contributed by atoms with Crippen molar-refractivity contribution in [1.82, 2.24) is 19.7 Å². The maximum atomic E-state index is 12.5. The fraction of sp³-hybridized carbons (Fsp3) is 0.250. The fourth-order valence-electron chi connectivity index (χ4n) is 4.26. The van der Waals surface area contributed by atoms with Gasteiger partial charge in [-0.25, -0.2) is 4.68 Å². The largest absolute Gasteiger partial charge is 0.382 e. The molecule has 0 amide bonds. The lowest BCUT2D eigenvalue weighted by Gasteiger charge is -2.30. The molecule has 0 spiro atoms. The molecule has 0 atom stereocenters. The van der Waals surface area contributed by atoms with Crippen LogP contribution in [-0.4, -0.2) is 25.8 Å². The minimum atomic E-state index is -0.0424. The van der Waals surface area contributed by atoms with Gasteiger partial charge in [-0.15, -0.1) is 0 Å². The molecule has 6 heteroatoms. The lowest BCUT2D eigenvalue weighted by Crippen LogP contribution is -2.33. The molecule has 6 nitrogen and oxygen atoms in total. The summed E-state index contributed by atoms with van der Waals surface area (Å²) in [4.78, 5) is 21.1. The van der Waals surface area contributed by atoms with Crippen molar-refractivity contribution in [3.8, 4) is 11.3 Å². The molecule has 150 valence electrons. The molecule has 1 aliphatic carbocycles. The Balaban J connectivity index is 1.31. The number of hydrogen-bond donors (Lipinski definition) is 1. The molecule has 0 aliphatic heterocycles. The second kappa shape index (κ2) is 8.06. The van der Waals surface area contributed by atoms with Gasteiger partial charge in [-0.05, 0) is 56.0 Å². The van der Waals surface area contributed by atoms with Crippen LogP contribution in [0.3, 0.4) is 0 Å². The molecular weight excluding hydrogens is 374 g/mol. The van der Waals surface area contributed by atoms with Crippen LogP contribution >= 0.6 is 0 Å². The van der Waals surface area contributed by atoms with E-state index in [1.165, 1.54) is 0 Å². The predicted octanol–water partition coefficient (Wildman–Crippen LogP) is 4.45. The van der Waals surface area contributed by atoms with Crippen molar-refractivity contribution < 1.29 is 0 Å². The molecule has 3 heterocycles. The quantitative estimate of drug-likeness (QED) is 0.551. The highest BCUT2D eigenvalue weighted by Gasteiger charge is 2.24. The molecule has 1 saturated carbocycles. The normalized spacial score (nSPS) is 18.9. The first-order valence-electron chi connectivity index (χ1n) is 10.4. The number of nitrogens with one attached hydrogen (secondary N) is 1. The van der Waals surface area contributed by atoms with Gasteiger partial charge in [-0.3, -0.25) is 14.8 Å². The van der Waals surface area contributed by atoms with E-state index in [4.69, 9.17) is 0 Å². The summed E-state index contributed by atoms with van der Waals surface area (Å²) < 4.78 is 1.67. The number of pyridine rings is 2. The Hall–Kier alpha value is -3.54. The smallest absolute Gasteiger partial charge is 0.267 e. The van der Waals surface area contributed by atoms with Crippen molar-refractivity contribution in [2.75, 3.05) is 5.32 Å². The summed E-state index contributed by atoms with van der Waals surface area (Å²) in [5.74, 6) is 0. The van der Waals surface area contributed by atoms with Crippen LogP contribution in [0.15, 0.2) is 78.0 Å². The summed E-state index contributed by atoms with van der Waals surface area (Å²) in [6.45, 7) is 0. The van der Waals surface area contributed by atoms with Crippen LogP contribution in [0.5, 0.6) is 0 Å². The summed E-state index contributed by atoms with van der Waals surface area (Å²) in [5.41, 5.74) is 3.79. The summed E-state index contributed by atoms with van der Waals surface area (Å²) in [6, 6.07) is 18.0. The van der Waals surface area contributed by atoms with Gasteiger partial charge in [0.25, 0.3) is 5.56 Å². The summed E-state index contributed by atoms with van der Waals surface area (Å²) in [5, 5.41) is 9.49. The molecule has 1 aliphatic rings. The Bertz CT molecular complexity index is 1210. The molecule has 3 aromatic heterocycles. The summed E-state index contributed by atoms with van der Waals surface area (Å²) in [7, 11) is 0. The number of para-hydroxylation sites is 1. The van der Waals surface area contributed by atoms with Gasteiger partial charge >= 0.3 is 0 Å². The van der Waals surface area contributed by atoms with Crippen molar-refractivity contribution in [2.45, 2.75) is 37.8 Å². The molecule has 1 fully saturated rings. The molecule has 0 saturated heterocycles.